The first-order valence-corrected chi connectivity index (χ1v) is 8.04. The number of aromatic amines is 1. The van der Waals surface area contributed by atoms with E-state index in [1.165, 1.54) is 12.1 Å². The average Bonchev–Trinajstić information content (AvgIpc) is 3.07. The molecule has 2 aromatic rings. The molecule has 1 atom stereocenters. The van der Waals surface area contributed by atoms with Gasteiger partial charge in [0.2, 0.25) is 5.91 Å². The lowest BCUT2D eigenvalue weighted by molar-refractivity contribution is -0.134. The van der Waals surface area contributed by atoms with Crippen LogP contribution in [0.4, 0.5) is 8.78 Å². The van der Waals surface area contributed by atoms with Crippen LogP contribution < -0.4 is 5.73 Å². The summed E-state index contributed by atoms with van der Waals surface area (Å²) >= 11 is 0. The summed E-state index contributed by atoms with van der Waals surface area (Å²) in [5, 5.41) is 6.61. The molecule has 1 aliphatic heterocycles. The fraction of sp³-hybridized carbons (Fsp3) is 0.353. The molecular formula is C17H18F2N4O2. The highest BCUT2D eigenvalue weighted by molar-refractivity contribution is 5.90. The maximum Gasteiger partial charge on any atom is 0.269 e. The van der Waals surface area contributed by atoms with Gasteiger partial charge in [-0.15, -0.1) is 0 Å². The molecule has 8 heteroatoms. The number of amides is 2. The molecule has 2 amide bonds. The van der Waals surface area contributed by atoms with Crippen molar-refractivity contribution in [2.24, 2.45) is 5.73 Å². The van der Waals surface area contributed by atoms with Crippen LogP contribution in [0.25, 0.3) is 0 Å². The van der Waals surface area contributed by atoms with Crippen molar-refractivity contribution in [3.63, 3.8) is 0 Å². The van der Waals surface area contributed by atoms with E-state index in [4.69, 9.17) is 5.73 Å². The van der Waals surface area contributed by atoms with Crippen molar-refractivity contribution >= 4 is 11.8 Å². The zero-order valence-electron chi connectivity index (χ0n) is 13.5. The largest absolute Gasteiger partial charge is 0.364 e. The first-order valence-electron chi connectivity index (χ1n) is 8.04. The quantitative estimate of drug-likeness (QED) is 0.886. The van der Waals surface area contributed by atoms with Gasteiger partial charge in [-0.3, -0.25) is 14.7 Å². The number of piperidine rings is 1. The molecule has 1 unspecified atom stereocenters. The standard InChI is InChI=1S/C17H18F2N4O2/c18-11-5-4-10(12(19)8-11)7-16(24)23-6-2-1-3-15(23)13-9-14(17(20)25)22-21-13/h4-5,8-9,15H,1-3,6-7H2,(H2,20,25)(H,21,22). The summed E-state index contributed by atoms with van der Waals surface area (Å²) in [6.07, 6.45) is 2.31. The third-order valence-corrected chi connectivity index (χ3v) is 4.39. The summed E-state index contributed by atoms with van der Waals surface area (Å²) in [7, 11) is 0. The third-order valence-electron chi connectivity index (χ3n) is 4.39. The molecule has 132 valence electrons. The van der Waals surface area contributed by atoms with Crippen LogP contribution in [-0.2, 0) is 11.2 Å². The maximum absolute atomic E-state index is 13.8. The highest BCUT2D eigenvalue weighted by atomic mass is 19.1. The van der Waals surface area contributed by atoms with Gasteiger partial charge in [-0.25, -0.2) is 8.78 Å². The van der Waals surface area contributed by atoms with E-state index in [1.807, 2.05) is 0 Å². The Morgan fingerprint density at radius 1 is 1.28 bits per heavy atom. The Balaban J connectivity index is 1.79. The van der Waals surface area contributed by atoms with Crippen molar-refractivity contribution in [2.75, 3.05) is 6.54 Å². The third kappa shape index (κ3) is 3.67. The molecule has 6 nitrogen and oxygen atoms in total. The van der Waals surface area contributed by atoms with E-state index < -0.39 is 17.5 Å². The van der Waals surface area contributed by atoms with E-state index >= 15 is 0 Å². The lowest BCUT2D eigenvalue weighted by Crippen LogP contribution is -2.39. The van der Waals surface area contributed by atoms with Gasteiger partial charge in [0.15, 0.2) is 0 Å². The topological polar surface area (TPSA) is 92.1 Å². The number of likely N-dealkylation sites (tertiary alicyclic amines) is 1. The average molecular weight is 348 g/mol. The van der Waals surface area contributed by atoms with E-state index in [2.05, 4.69) is 10.2 Å². The molecule has 0 saturated carbocycles. The Labute approximate surface area is 143 Å². The van der Waals surface area contributed by atoms with Crippen LogP contribution in [0.5, 0.6) is 0 Å². The van der Waals surface area contributed by atoms with Gasteiger partial charge in [-0.1, -0.05) is 6.07 Å². The Morgan fingerprint density at radius 2 is 2.08 bits per heavy atom. The molecule has 1 aliphatic rings. The van der Waals surface area contributed by atoms with Crippen LogP contribution >= 0.6 is 0 Å². The minimum Gasteiger partial charge on any atom is -0.364 e. The summed E-state index contributed by atoms with van der Waals surface area (Å²) in [4.78, 5) is 25.5. The normalized spacial score (nSPS) is 17.5. The number of rotatable bonds is 4. The number of nitrogens with one attached hydrogen (secondary N) is 1. The lowest BCUT2D eigenvalue weighted by atomic mass is 9.98. The predicted octanol–water partition coefficient (Wildman–Crippen LogP) is 2.08. The smallest absolute Gasteiger partial charge is 0.269 e. The lowest BCUT2D eigenvalue weighted by Gasteiger charge is -2.35. The molecule has 0 aliphatic carbocycles. The van der Waals surface area contributed by atoms with Crippen molar-refractivity contribution in [3.05, 3.63) is 52.9 Å². The first kappa shape index (κ1) is 17.1. The number of hydrogen-bond donors (Lipinski definition) is 2. The van der Waals surface area contributed by atoms with Crippen molar-refractivity contribution in [3.8, 4) is 0 Å². The molecule has 2 heterocycles. The summed E-state index contributed by atoms with van der Waals surface area (Å²) < 4.78 is 26.8. The molecular weight excluding hydrogens is 330 g/mol. The van der Waals surface area contributed by atoms with Crippen molar-refractivity contribution in [1.82, 2.24) is 15.1 Å². The van der Waals surface area contributed by atoms with Gasteiger partial charge in [0.25, 0.3) is 5.91 Å². The molecule has 0 bridgehead atoms. The van der Waals surface area contributed by atoms with E-state index in [9.17, 15) is 18.4 Å². The van der Waals surface area contributed by atoms with Gasteiger partial charge < -0.3 is 10.6 Å². The molecule has 3 rings (SSSR count). The number of carbonyl (C=O) groups excluding carboxylic acids is 2. The molecule has 0 radical (unpaired) electrons. The Hall–Kier alpha value is -2.77. The molecule has 25 heavy (non-hydrogen) atoms. The SMILES string of the molecule is NC(=O)c1cc(C2CCCCN2C(=O)Cc2ccc(F)cc2F)[nH]n1. The van der Waals surface area contributed by atoms with Crippen LogP contribution in [-0.4, -0.2) is 33.5 Å². The van der Waals surface area contributed by atoms with Crippen LogP contribution in [0.15, 0.2) is 24.3 Å². The van der Waals surface area contributed by atoms with E-state index in [0.29, 0.717) is 18.7 Å². The van der Waals surface area contributed by atoms with Gasteiger partial charge in [0, 0.05) is 12.6 Å². The second kappa shape index (κ2) is 7.00. The Kier molecular flexibility index (Phi) is 4.78. The summed E-state index contributed by atoms with van der Waals surface area (Å²) in [5.74, 6) is -2.32. The highest BCUT2D eigenvalue weighted by Crippen LogP contribution is 2.30. The first-order chi connectivity index (χ1) is 12.0. The highest BCUT2D eigenvalue weighted by Gasteiger charge is 2.30. The molecule has 1 aromatic carbocycles. The molecule has 1 fully saturated rings. The summed E-state index contributed by atoms with van der Waals surface area (Å²) in [6, 6.07) is 4.45. The monoisotopic (exact) mass is 348 g/mol. The second-order valence-electron chi connectivity index (χ2n) is 6.08. The number of nitrogens with zero attached hydrogens (tertiary/aromatic N) is 2. The predicted molar refractivity (Wildman–Crippen MR) is 85.5 cm³/mol. The molecule has 0 spiro atoms. The van der Waals surface area contributed by atoms with Crippen LogP contribution in [0.2, 0.25) is 0 Å². The van der Waals surface area contributed by atoms with E-state index in [-0.39, 0.29) is 29.6 Å². The zero-order chi connectivity index (χ0) is 18.0. The minimum atomic E-state index is -0.737. The number of nitrogens with two attached hydrogens (primary N) is 1. The number of benzene rings is 1. The van der Waals surface area contributed by atoms with Crippen molar-refractivity contribution < 1.29 is 18.4 Å². The van der Waals surface area contributed by atoms with Crippen LogP contribution in [0.3, 0.4) is 0 Å². The van der Waals surface area contributed by atoms with Gasteiger partial charge in [-0.05, 0) is 37.0 Å². The number of hydrogen-bond acceptors (Lipinski definition) is 3. The fourth-order valence-corrected chi connectivity index (χ4v) is 3.12. The van der Waals surface area contributed by atoms with Crippen LogP contribution in [0.1, 0.15) is 47.1 Å². The summed E-state index contributed by atoms with van der Waals surface area (Å²) in [6.45, 7) is 0.525. The zero-order valence-corrected chi connectivity index (χ0v) is 13.5. The van der Waals surface area contributed by atoms with Gasteiger partial charge in [-0.2, -0.15) is 5.10 Å². The van der Waals surface area contributed by atoms with E-state index in [0.717, 1.165) is 25.0 Å². The minimum absolute atomic E-state index is 0.109. The maximum atomic E-state index is 13.8. The van der Waals surface area contributed by atoms with Crippen molar-refractivity contribution in [2.45, 2.75) is 31.7 Å². The Bertz CT molecular complexity index is 806. The molecule has 3 N–H and O–H groups in total. The van der Waals surface area contributed by atoms with Gasteiger partial charge >= 0.3 is 0 Å². The summed E-state index contributed by atoms with van der Waals surface area (Å²) in [5.41, 5.74) is 6.09. The van der Waals surface area contributed by atoms with Gasteiger partial charge in [0.1, 0.15) is 17.3 Å². The Morgan fingerprint density at radius 3 is 2.76 bits per heavy atom. The van der Waals surface area contributed by atoms with E-state index in [1.54, 1.807) is 4.90 Å². The number of aromatic nitrogens is 2. The van der Waals surface area contributed by atoms with Crippen LogP contribution in [0, 0.1) is 11.6 Å². The number of primary amides is 1. The number of halogens is 2. The van der Waals surface area contributed by atoms with Gasteiger partial charge in [0.05, 0.1) is 18.2 Å². The second-order valence-corrected chi connectivity index (χ2v) is 6.08. The fourth-order valence-electron chi connectivity index (χ4n) is 3.12. The number of H-pyrrole nitrogens is 1. The number of carbonyl (C=O) groups is 2. The molecule has 1 saturated heterocycles. The molecule has 1 aromatic heterocycles. The van der Waals surface area contributed by atoms with Crippen molar-refractivity contribution in [1.29, 1.82) is 0 Å².